The van der Waals surface area contributed by atoms with Crippen LogP contribution in [0.1, 0.15) is 5.56 Å². The summed E-state index contributed by atoms with van der Waals surface area (Å²) in [6.45, 7) is 0. The predicted octanol–water partition coefficient (Wildman–Crippen LogP) is 2.62. The van der Waals surface area contributed by atoms with Crippen molar-refractivity contribution in [3.63, 3.8) is 0 Å². The van der Waals surface area contributed by atoms with Crippen LogP contribution in [0.25, 0.3) is 0 Å². The largest absolute Gasteiger partial charge is 0.184 e. The molecule has 0 bridgehead atoms. The molecule has 0 aliphatic carbocycles. The summed E-state index contributed by atoms with van der Waals surface area (Å²) in [5.41, 5.74) is 4.64. The lowest BCUT2D eigenvalue weighted by Gasteiger charge is -2.09. The van der Waals surface area contributed by atoms with Gasteiger partial charge in [-0.15, -0.1) is 5.54 Å². The van der Waals surface area contributed by atoms with Crippen molar-refractivity contribution in [3.8, 4) is 11.5 Å². The molecule has 0 amide bonds. The van der Waals surface area contributed by atoms with Crippen LogP contribution in [0.2, 0.25) is 0 Å². The van der Waals surface area contributed by atoms with Gasteiger partial charge in [0, 0.05) is 5.56 Å². The van der Waals surface area contributed by atoms with Crippen LogP contribution in [0.5, 0.6) is 0 Å². The van der Waals surface area contributed by atoms with Crippen molar-refractivity contribution in [1.82, 2.24) is 0 Å². The molecule has 3 aromatic carbocycles. The van der Waals surface area contributed by atoms with Crippen molar-refractivity contribution in [2.24, 2.45) is 0 Å². The highest BCUT2D eigenvalue weighted by Gasteiger charge is 2.12. The highest BCUT2D eigenvalue weighted by atomic mass is 28.3. The molecule has 0 unspecified atom stereocenters. The van der Waals surface area contributed by atoms with Gasteiger partial charge in [0.1, 0.15) is 0 Å². The van der Waals surface area contributed by atoms with E-state index in [2.05, 4.69) is 84.3 Å². The first-order chi connectivity index (χ1) is 10.4. The van der Waals surface area contributed by atoms with Crippen molar-refractivity contribution in [3.05, 3.63) is 96.6 Å². The summed E-state index contributed by atoms with van der Waals surface area (Å²) in [5.74, 6) is 3.35. The zero-order valence-electron chi connectivity index (χ0n) is 11.7. The van der Waals surface area contributed by atoms with Crippen LogP contribution in [-0.2, 0) is 0 Å². The summed E-state index contributed by atoms with van der Waals surface area (Å²) in [7, 11) is -1.48. The van der Waals surface area contributed by atoms with E-state index in [4.69, 9.17) is 0 Å². The van der Waals surface area contributed by atoms with E-state index in [1.165, 1.54) is 10.4 Å². The van der Waals surface area contributed by atoms with Gasteiger partial charge >= 0.3 is 0 Å². The van der Waals surface area contributed by atoms with E-state index in [1.807, 2.05) is 18.2 Å². The molecule has 0 aliphatic heterocycles. The molecular weight excluding hydrogens is 268 g/mol. The van der Waals surface area contributed by atoms with Crippen LogP contribution in [0, 0.1) is 11.5 Å². The van der Waals surface area contributed by atoms with E-state index in [1.54, 1.807) is 0 Å². The first-order valence-corrected chi connectivity index (χ1v) is 8.83. The maximum atomic E-state index is 3.56. The van der Waals surface area contributed by atoms with E-state index in [0.29, 0.717) is 0 Å². The maximum absolute atomic E-state index is 3.56. The van der Waals surface area contributed by atoms with Gasteiger partial charge in [0.05, 0.1) is 0 Å². The molecule has 0 nitrogen and oxygen atoms in total. The highest BCUT2D eigenvalue weighted by molar-refractivity contribution is 6.91. The average molecular weight is 284 g/mol. The number of hydrogen-bond acceptors (Lipinski definition) is 0. The van der Waals surface area contributed by atoms with Crippen LogP contribution < -0.4 is 10.4 Å². The minimum Gasteiger partial charge on any atom is -0.119 e. The predicted molar refractivity (Wildman–Crippen MR) is 92.6 cm³/mol. The second-order valence-electron chi connectivity index (χ2n) is 4.89. The maximum Gasteiger partial charge on any atom is 0.184 e. The Bertz CT molecular complexity index is 698. The normalized spacial score (nSPS) is 9.95. The Hall–Kier alpha value is -2.56. The lowest BCUT2D eigenvalue weighted by molar-refractivity contribution is 1.65. The van der Waals surface area contributed by atoms with Crippen LogP contribution in [0.4, 0.5) is 0 Å². The third kappa shape index (κ3) is 3.50. The summed E-state index contributed by atoms with van der Waals surface area (Å²) < 4.78 is 0. The smallest absolute Gasteiger partial charge is 0.119 e. The van der Waals surface area contributed by atoms with Gasteiger partial charge in [0.2, 0.25) is 0 Å². The van der Waals surface area contributed by atoms with E-state index >= 15 is 0 Å². The third-order valence-electron chi connectivity index (χ3n) is 3.40. The number of benzene rings is 3. The quantitative estimate of drug-likeness (QED) is 0.501. The second-order valence-corrected chi connectivity index (χ2v) is 7.38. The van der Waals surface area contributed by atoms with Crippen molar-refractivity contribution >= 4 is 19.2 Å². The van der Waals surface area contributed by atoms with Gasteiger partial charge in [-0.2, -0.15) is 0 Å². The zero-order chi connectivity index (χ0) is 14.3. The fourth-order valence-electron chi connectivity index (χ4n) is 2.33. The summed E-state index contributed by atoms with van der Waals surface area (Å²) >= 11 is 0. The Morgan fingerprint density at radius 1 is 0.524 bits per heavy atom. The van der Waals surface area contributed by atoms with E-state index in [9.17, 15) is 0 Å². The fourth-order valence-corrected chi connectivity index (χ4v) is 4.57. The number of rotatable bonds is 2. The molecule has 0 aromatic heterocycles. The van der Waals surface area contributed by atoms with E-state index < -0.39 is 8.80 Å². The Balaban J connectivity index is 2.00. The molecule has 0 radical (unpaired) electrons. The van der Waals surface area contributed by atoms with Crippen molar-refractivity contribution in [1.29, 1.82) is 0 Å². The average Bonchev–Trinajstić information content (AvgIpc) is 2.58. The minimum absolute atomic E-state index is 1.09. The summed E-state index contributed by atoms with van der Waals surface area (Å²) in [6.07, 6.45) is 0. The van der Waals surface area contributed by atoms with Gasteiger partial charge in [0.25, 0.3) is 0 Å². The van der Waals surface area contributed by atoms with E-state index in [-0.39, 0.29) is 0 Å². The number of hydrogen-bond donors (Lipinski definition) is 0. The topological polar surface area (TPSA) is 0 Å². The van der Waals surface area contributed by atoms with Crippen LogP contribution >= 0.6 is 0 Å². The second kappa shape index (κ2) is 6.74. The molecule has 1 heteroatoms. The lowest BCUT2D eigenvalue weighted by atomic mass is 10.2. The Morgan fingerprint density at radius 3 is 1.43 bits per heavy atom. The van der Waals surface area contributed by atoms with Crippen molar-refractivity contribution in [2.75, 3.05) is 0 Å². The Labute approximate surface area is 127 Å². The monoisotopic (exact) mass is 284 g/mol. The summed E-state index contributed by atoms with van der Waals surface area (Å²) in [5, 5.41) is 2.74. The van der Waals surface area contributed by atoms with Crippen LogP contribution in [0.3, 0.4) is 0 Å². The van der Waals surface area contributed by atoms with Crippen LogP contribution in [-0.4, -0.2) is 8.80 Å². The molecule has 0 saturated heterocycles. The molecule has 0 heterocycles. The van der Waals surface area contributed by atoms with Gasteiger partial charge in [-0.25, -0.2) is 0 Å². The lowest BCUT2D eigenvalue weighted by Crippen LogP contribution is -2.41. The van der Waals surface area contributed by atoms with Gasteiger partial charge in [0.15, 0.2) is 8.80 Å². The van der Waals surface area contributed by atoms with Crippen molar-refractivity contribution in [2.45, 2.75) is 0 Å². The first kappa shape index (κ1) is 13.4. The molecule has 0 fully saturated rings. The van der Waals surface area contributed by atoms with Crippen molar-refractivity contribution < 1.29 is 0 Å². The van der Waals surface area contributed by atoms with E-state index in [0.717, 1.165) is 5.56 Å². The van der Waals surface area contributed by atoms with Crippen LogP contribution in [0.15, 0.2) is 91.0 Å². The summed E-state index contributed by atoms with van der Waals surface area (Å²) in [6, 6.07) is 31.5. The third-order valence-corrected chi connectivity index (χ3v) is 5.94. The molecule has 3 rings (SSSR count). The first-order valence-electron chi connectivity index (χ1n) is 7.10. The van der Waals surface area contributed by atoms with Gasteiger partial charge in [-0.05, 0) is 22.5 Å². The molecule has 0 atom stereocenters. The molecule has 21 heavy (non-hydrogen) atoms. The minimum atomic E-state index is -1.48. The zero-order valence-corrected chi connectivity index (χ0v) is 12.9. The fraction of sp³-hybridized carbons (Fsp3) is 0. The van der Waals surface area contributed by atoms with Gasteiger partial charge < -0.3 is 0 Å². The molecule has 0 spiro atoms. The molecule has 100 valence electrons. The molecule has 0 N–H and O–H groups in total. The molecular formula is C20H16Si. The molecule has 3 aromatic rings. The highest BCUT2D eigenvalue weighted by Crippen LogP contribution is 1.97. The molecule has 0 aliphatic rings. The van der Waals surface area contributed by atoms with Gasteiger partial charge in [-0.1, -0.05) is 84.8 Å². The SMILES string of the molecule is C(#C[SiH](c1ccccc1)c1ccccc1)c1ccccc1. The molecule has 0 saturated carbocycles. The Morgan fingerprint density at radius 2 is 0.952 bits per heavy atom. The Kier molecular flexibility index (Phi) is 4.31. The summed E-state index contributed by atoms with van der Waals surface area (Å²) in [4.78, 5) is 0. The standard InChI is InChI=1S/C20H16Si/c1-4-10-18(11-5-1)16-17-21(19-12-6-2-7-13-19)20-14-8-3-9-15-20/h1-15,21H. The van der Waals surface area contributed by atoms with Gasteiger partial charge in [-0.3, -0.25) is 0 Å².